The highest BCUT2D eigenvalue weighted by molar-refractivity contribution is 7.07. The van der Waals surface area contributed by atoms with E-state index in [4.69, 9.17) is 5.11 Å². The molecule has 2 aromatic rings. The Morgan fingerprint density at radius 2 is 2.31 bits per heavy atom. The van der Waals surface area contributed by atoms with Crippen LogP contribution in [0, 0.1) is 13.8 Å². The number of carboxylic acid groups (broad SMARTS) is 1. The van der Waals surface area contributed by atoms with Gasteiger partial charge in [0.2, 0.25) is 0 Å². The second kappa shape index (κ2) is 4.05. The van der Waals surface area contributed by atoms with Gasteiger partial charge in [-0.25, -0.2) is 9.78 Å². The number of carbonyl (C=O) groups is 1. The molecule has 6 heteroatoms. The normalized spacial score (nSPS) is 10.6. The highest BCUT2D eigenvalue weighted by Crippen LogP contribution is 2.14. The molecule has 0 aliphatic rings. The number of hydrogen-bond donors (Lipinski definition) is 1. The molecule has 2 rings (SSSR count). The first-order valence-corrected chi connectivity index (χ1v) is 5.68. The lowest BCUT2D eigenvalue weighted by atomic mass is 10.2. The van der Waals surface area contributed by atoms with Gasteiger partial charge in [-0.3, -0.25) is 4.68 Å². The van der Waals surface area contributed by atoms with Gasteiger partial charge >= 0.3 is 5.97 Å². The number of thiazole rings is 1. The molecule has 0 saturated heterocycles. The fourth-order valence-corrected chi connectivity index (χ4v) is 2.18. The summed E-state index contributed by atoms with van der Waals surface area (Å²) in [5.41, 5.74) is 4.14. The zero-order valence-electron chi connectivity index (χ0n) is 8.97. The van der Waals surface area contributed by atoms with Crippen LogP contribution in [0.3, 0.4) is 0 Å². The summed E-state index contributed by atoms with van der Waals surface area (Å²) in [5, 5.41) is 15.2. The van der Waals surface area contributed by atoms with E-state index in [2.05, 4.69) is 10.1 Å². The molecule has 0 aromatic carbocycles. The highest BCUT2D eigenvalue weighted by Gasteiger charge is 2.17. The number of aryl methyl sites for hydroxylation is 1. The molecule has 84 valence electrons. The molecule has 1 N–H and O–H groups in total. The van der Waals surface area contributed by atoms with Crippen molar-refractivity contribution in [2.45, 2.75) is 20.4 Å². The smallest absolute Gasteiger partial charge is 0.339 e. The first kappa shape index (κ1) is 10.8. The number of nitrogens with zero attached hydrogens (tertiary/aromatic N) is 3. The summed E-state index contributed by atoms with van der Waals surface area (Å²) in [4.78, 5) is 15.1. The summed E-state index contributed by atoms with van der Waals surface area (Å²) in [6, 6.07) is 0. The van der Waals surface area contributed by atoms with Gasteiger partial charge in [-0.1, -0.05) is 0 Å². The van der Waals surface area contributed by atoms with Crippen molar-refractivity contribution in [2.24, 2.45) is 0 Å². The lowest BCUT2D eigenvalue weighted by Gasteiger charge is -2.01. The van der Waals surface area contributed by atoms with Crippen LogP contribution in [0.2, 0.25) is 0 Å². The van der Waals surface area contributed by atoms with E-state index in [-0.39, 0.29) is 5.56 Å². The van der Waals surface area contributed by atoms with E-state index < -0.39 is 5.97 Å². The van der Waals surface area contributed by atoms with E-state index in [9.17, 15) is 4.79 Å². The van der Waals surface area contributed by atoms with Crippen molar-refractivity contribution in [1.29, 1.82) is 0 Å². The van der Waals surface area contributed by atoms with Crippen molar-refractivity contribution in [1.82, 2.24) is 14.8 Å². The molecule has 0 aliphatic carbocycles. The molecule has 16 heavy (non-hydrogen) atoms. The minimum absolute atomic E-state index is 0.287. The Balaban J connectivity index is 2.36. The summed E-state index contributed by atoms with van der Waals surface area (Å²) < 4.78 is 1.67. The van der Waals surface area contributed by atoms with Crippen LogP contribution in [0.15, 0.2) is 10.9 Å². The summed E-state index contributed by atoms with van der Waals surface area (Å²) in [5.74, 6) is -0.931. The zero-order valence-corrected chi connectivity index (χ0v) is 9.78. The van der Waals surface area contributed by atoms with Gasteiger partial charge in [0.15, 0.2) is 0 Å². The Morgan fingerprint density at radius 3 is 2.81 bits per heavy atom. The largest absolute Gasteiger partial charge is 0.478 e. The molecule has 0 aliphatic heterocycles. The number of carboxylic acids is 1. The van der Waals surface area contributed by atoms with Crippen molar-refractivity contribution >= 4 is 17.3 Å². The van der Waals surface area contributed by atoms with E-state index in [1.54, 1.807) is 24.0 Å². The number of rotatable bonds is 3. The predicted octanol–water partition coefficient (Wildman–Crippen LogP) is 1.70. The van der Waals surface area contributed by atoms with Gasteiger partial charge in [-0.2, -0.15) is 5.10 Å². The maximum absolute atomic E-state index is 11.0. The molecular weight excluding hydrogens is 226 g/mol. The van der Waals surface area contributed by atoms with Crippen molar-refractivity contribution in [2.75, 3.05) is 0 Å². The van der Waals surface area contributed by atoms with Crippen molar-refractivity contribution in [3.63, 3.8) is 0 Å². The van der Waals surface area contributed by atoms with E-state index >= 15 is 0 Å². The lowest BCUT2D eigenvalue weighted by Crippen LogP contribution is -2.05. The summed E-state index contributed by atoms with van der Waals surface area (Å²) in [6.07, 6.45) is 0. The molecule has 0 saturated carbocycles. The number of hydrogen-bond acceptors (Lipinski definition) is 4. The van der Waals surface area contributed by atoms with Gasteiger partial charge in [0.05, 0.1) is 29.1 Å². The molecule has 0 bridgehead atoms. The Bertz CT molecular complexity index is 516. The zero-order chi connectivity index (χ0) is 11.7. The maximum atomic E-state index is 11.0. The third-order valence-corrected chi connectivity index (χ3v) is 3.03. The van der Waals surface area contributed by atoms with Crippen molar-refractivity contribution in [3.05, 3.63) is 33.5 Å². The number of aromatic carboxylic acids is 1. The van der Waals surface area contributed by atoms with Crippen LogP contribution >= 0.6 is 11.3 Å². The molecule has 0 atom stereocenters. The van der Waals surface area contributed by atoms with Gasteiger partial charge < -0.3 is 5.11 Å². The summed E-state index contributed by atoms with van der Waals surface area (Å²) in [6.45, 7) is 3.98. The van der Waals surface area contributed by atoms with Crippen LogP contribution in [0.1, 0.15) is 27.4 Å². The molecule has 0 fully saturated rings. The van der Waals surface area contributed by atoms with Crippen LogP contribution in [0.5, 0.6) is 0 Å². The summed E-state index contributed by atoms with van der Waals surface area (Å²) in [7, 11) is 0. The monoisotopic (exact) mass is 237 g/mol. The second-order valence-corrected chi connectivity index (χ2v) is 4.21. The maximum Gasteiger partial charge on any atom is 0.339 e. The standard InChI is InChI=1S/C10H11N3O2S/c1-6-9(10(14)15)7(2)13(12-6)3-8-4-16-5-11-8/h4-5H,3H2,1-2H3,(H,14,15). The third kappa shape index (κ3) is 1.83. The molecule has 2 aromatic heterocycles. The average Bonchev–Trinajstić information content (AvgIpc) is 2.76. The fraction of sp³-hybridized carbons (Fsp3) is 0.300. The minimum atomic E-state index is -0.931. The van der Waals surface area contributed by atoms with Crippen LogP contribution in [-0.4, -0.2) is 25.8 Å². The highest BCUT2D eigenvalue weighted by atomic mass is 32.1. The molecule has 5 nitrogen and oxygen atoms in total. The fourth-order valence-electron chi connectivity index (χ4n) is 1.63. The van der Waals surface area contributed by atoms with Crippen molar-refractivity contribution in [3.8, 4) is 0 Å². The first-order chi connectivity index (χ1) is 7.59. The SMILES string of the molecule is Cc1nn(Cc2cscn2)c(C)c1C(=O)O. The van der Waals surface area contributed by atoms with E-state index in [0.29, 0.717) is 17.9 Å². The van der Waals surface area contributed by atoms with Gasteiger partial charge in [-0.15, -0.1) is 11.3 Å². The van der Waals surface area contributed by atoms with Gasteiger partial charge in [0.1, 0.15) is 5.56 Å². The molecular formula is C10H11N3O2S. The Labute approximate surface area is 96.4 Å². The minimum Gasteiger partial charge on any atom is -0.478 e. The molecule has 0 unspecified atom stereocenters. The molecule has 2 heterocycles. The summed E-state index contributed by atoms with van der Waals surface area (Å²) >= 11 is 1.51. The Kier molecular flexibility index (Phi) is 2.74. The predicted molar refractivity (Wildman–Crippen MR) is 59.9 cm³/mol. The quantitative estimate of drug-likeness (QED) is 0.882. The topological polar surface area (TPSA) is 68.0 Å². The number of aromatic nitrogens is 3. The van der Waals surface area contributed by atoms with Gasteiger partial charge in [-0.05, 0) is 13.8 Å². The van der Waals surface area contributed by atoms with Crippen LogP contribution in [0.25, 0.3) is 0 Å². The van der Waals surface area contributed by atoms with Crippen LogP contribution in [-0.2, 0) is 6.54 Å². The Hall–Kier alpha value is -1.69. The molecule has 0 radical (unpaired) electrons. The second-order valence-electron chi connectivity index (χ2n) is 3.49. The van der Waals surface area contributed by atoms with Crippen molar-refractivity contribution < 1.29 is 9.90 Å². The van der Waals surface area contributed by atoms with E-state index in [1.807, 2.05) is 5.38 Å². The Morgan fingerprint density at radius 1 is 1.56 bits per heavy atom. The molecule has 0 spiro atoms. The van der Waals surface area contributed by atoms with Crippen LogP contribution in [0.4, 0.5) is 0 Å². The van der Waals surface area contributed by atoms with Crippen LogP contribution < -0.4 is 0 Å². The van der Waals surface area contributed by atoms with E-state index in [0.717, 1.165) is 5.69 Å². The van der Waals surface area contributed by atoms with Gasteiger partial charge in [0.25, 0.3) is 0 Å². The molecule has 0 amide bonds. The van der Waals surface area contributed by atoms with E-state index in [1.165, 1.54) is 11.3 Å². The average molecular weight is 237 g/mol. The first-order valence-electron chi connectivity index (χ1n) is 4.74. The third-order valence-electron chi connectivity index (χ3n) is 2.39. The van der Waals surface area contributed by atoms with Gasteiger partial charge in [0, 0.05) is 5.38 Å². The lowest BCUT2D eigenvalue weighted by molar-refractivity contribution is 0.0695.